The standard InChI is InChI=1S/C12H16N4O2S2/c1-2-3-9(17)6-13-11(18)14-12-16-15-10(20-12)8-4-5-19-7-8/h4-5,7,9,17H,2-3,6H2,1H3,(H2,13,14,16,18). The van der Waals surface area contributed by atoms with Gasteiger partial charge in [-0.2, -0.15) is 11.3 Å². The molecule has 0 radical (unpaired) electrons. The zero-order chi connectivity index (χ0) is 14.4. The van der Waals surface area contributed by atoms with E-state index in [1.165, 1.54) is 11.3 Å². The number of aliphatic hydroxyl groups excluding tert-OH is 1. The molecule has 2 aromatic heterocycles. The number of nitrogens with zero attached hydrogens (tertiary/aromatic N) is 2. The average molecular weight is 312 g/mol. The van der Waals surface area contributed by atoms with Crippen LogP contribution in [0.1, 0.15) is 19.8 Å². The van der Waals surface area contributed by atoms with Crippen LogP contribution in [-0.2, 0) is 0 Å². The Morgan fingerprint density at radius 1 is 1.50 bits per heavy atom. The number of nitrogens with one attached hydrogen (secondary N) is 2. The van der Waals surface area contributed by atoms with Crippen LogP contribution in [0.15, 0.2) is 16.8 Å². The Morgan fingerprint density at radius 3 is 3.05 bits per heavy atom. The molecular formula is C12H16N4O2S2. The second-order valence-electron chi connectivity index (χ2n) is 4.20. The molecule has 8 heteroatoms. The van der Waals surface area contributed by atoms with E-state index >= 15 is 0 Å². The molecule has 1 atom stereocenters. The van der Waals surface area contributed by atoms with Gasteiger partial charge < -0.3 is 10.4 Å². The summed E-state index contributed by atoms with van der Waals surface area (Å²) in [6, 6.07) is 1.57. The number of hydrogen-bond acceptors (Lipinski definition) is 6. The second-order valence-corrected chi connectivity index (χ2v) is 5.96. The molecule has 2 heterocycles. The predicted octanol–water partition coefficient (Wildman–Crippen LogP) is 2.55. The van der Waals surface area contributed by atoms with Gasteiger partial charge in [-0.1, -0.05) is 24.7 Å². The van der Waals surface area contributed by atoms with E-state index in [1.54, 1.807) is 11.3 Å². The first-order chi connectivity index (χ1) is 9.69. The number of aliphatic hydroxyl groups is 1. The van der Waals surface area contributed by atoms with Crippen LogP contribution in [-0.4, -0.2) is 34.0 Å². The molecule has 0 saturated carbocycles. The summed E-state index contributed by atoms with van der Waals surface area (Å²) in [6.07, 6.45) is 1.04. The quantitative estimate of drug-likeness (QED) is 0.765. The molecule has 0 aliphatic rings. The summed E-state index contributed by atoms with van der Waals surface area (Å²) in [5.74, 6) is 0. The van der Waals surface area contributed by atoms with E-state index in [9.17, 15) is 9.90 Å². The van der Waals surface area contributed by atoms with Crippen LogP contribution in [0.25, 0.3) is 10.6 Å². The molecule has 0 saturated heterocycles. The Bertz CT molecular complexity index is 541. The molecular weight excluding hydrogens is 296 g/mol. The first-order valence-electron chi connectivity index (χ1n) is 6.28. The van der Waals surface area contributed by atoms with Crippen LogP contribution in [0.5, 0.6) is 0 Å². The lowest BCUT2D eigenvalue weighted by Crippen LogP contribution is -2.35. The molecule has 0 aliphatic heterocycles. The summed E-state index contributed by atoms with van der Waals surface area (Å²) in [5.41, 5.74) is 0.999. The van der Waals surface area contributed by atoms with E-state index in [2.05, 4.69) is 20.8 Å². The lowest BCUT2D eigenvalue weighted by molar-refractivity contribution is 0.162. The molecule has 3 N–H and O–H groups in total. The van der Waals surface area contributed by atoms with E-state index in [4.69, 9.17) is 0 Å². The number of amides is 2. The summed E-state index contributed by atoms with van der Waals surface area (Å²) in [5, 5.41) is 27.8. The highest BCUT2D eigenvalue weighted by molar-refractivity contribution is 7.19. The normalized spacial score (nSPS) is 12.1. The van der Waals surface area contributed by atoms with E-state index in [-0.39, 0.29) is 12.6 Å². The number of urea groups is 1. The number of hydrogen-bond donors (Lipinski definition) is 3. The van der Waals surface area contributed by atoms with E-state index < -0.39 is 6.10 Å². The summed E-state index contributed by atoms with van der Waals surface area (Å²) in [4.78, 5) is 11.6. The maximum absolute atomic E-state index is 11.6. The van der Waals surface area contributed by atoms with Gasteiger partial charge in [0.1, 0.15) is 5.01 Å². The van der Waals surface area contributed by atoms with Crippen LogP contribution in [0.2, 0.25) is 0 Å². The Labute approximate surface area is 124 Å². The van der Waals surface area contributed by atoms with Crippen LogP contribution in [0.4, 0.5) is 9.93 Å². The largest absolute Gasteiger partial charge is 0.391 e. The zero-order valence-electron chi connectivity index (χ0n) is 11.0. The third kappa shape index (κ3) is 4.26. The van der Waals surface area contributed by atoms with Gasteiger partial charge in [0, 0.05) is 17.5 Å². The number of thiophene rings is 1. The van der Waals surface area contributed by atoms with Crippen molar-refractivity contribution in [2.75, 3.05) is 11.9 Å². The van der Waals surface area contributed by atoms with Gasteiger partial charge in [0.2, 0.25) is 5.13 Å². The number of carbonyl (C=O) groups is 1. The van der Waals surface area contributed by atoms with Crippen molar-refractivity contribution in [2.24, 2.45) is 0 Å². The first-order valence-corrected chi connectivity index (χ1v) is 8.04. The van der Waals surface area contributed by atoms with Crippen molar-refractivity contribution < 1.29 is 9.90 Å². The molecule has 1 unspecified atom stereocenters. The van der Waals surface area contributed by atoms with Crippen molar-refractivity contribution in [3.63, 3.8) is 0 Å². The van der Waals surface area contributed by atoms with Gasteiger partial charge in [-0.25, -0.2) is 4.79 Å². The Hall–Kier alpha value is -1.51. The van der Waals surface area contributed by atoms with Crippen LogP contribution < -0.4 is 10.6 Å². The third-order valence-electron chi connectivity index (χ3n) is 2.53. The van der Waals surface area contributed by atoms with Crippen LogP contribution in [0.3, 0.4) is 0 Å². The van der Waals surface area contributed by atoms with E-state index in [0.29, 0.717) is 11.6 Å². The lowest BCUT2D eigenvalue weighted by Gasteiger charge is -2.10. The van der Waals surface area contributed by atoms with Gasteiger partial charge in [-0.05, 0) is 17.9 Å². The maximum Gasteiger partial charge on any atom is 0.321 e. The Morgan fingerprint density at radius 2 is 2.35 bits per heavy atom. The maximum atomic E-state index is 11.6. The second kappa shape index (κ2) is 7.32. The number of anilines is 1. The molecule has 0 fully saturated rings. The van der Waals surface area contributed by atoms with Crippen molar-refractivity contribution in [1.82, 2.24) is 15.5 Å². The van der Waals surface area contributed by atoms with Crippen LogP contribution >= 0.6 is 22.7 Å². The first kappa shape index (κ1) is 14.9. The van der Waals surface area contributed by atoms with E-state index in [0.717, 1.165) is 17.0 Å². The molecule has 2 rings (SSSR count). The van der Waals surface area contributed by atoms with Crippen molar-refractivity contribution in [2.45, 2.75) is 25.9 Å². The average Bonchev–Trinajstić information content (AvgIpc) is 3.07. The number of rotatable bonds is 6. The summed E-state index contributed by atoms with van der Waals surface area (Å²) >= 11 is 2.90. The summed E-state index contributed by atoms with van der Waals surface area (Å²) in [7, 11) is 0. The van der Waals surface area contributed by atoms with Gasteiger partial charge in [-0.3, -0.25) is 5.32 Å². The monoisotopic (exact) mass is 312 g/mol. The van der Waals surface area contributed by atoms with Gasteiger partial charge in [0.15, 0.2) is 0 Å². The Balaban J connectivity index is 1.83. The molecule has 0 aliphatic carbocycles. The highest BCUT2D eigenvalue weighted by Gasteiger charge is 2.10. The zero-order valence-corrected chi connectivity index (χ0v) is 12.6. The minimum absolute atomic E-state index is 0.232. The molecule has 108 valence electrons. The molecule has 6 nitrogen and oxygen atoms in total. The molecule has 0 aromatic carbocycles. The fourth-order valence-corrected chi connectivity index (χ4v) is 3.01. The number of carbonyl (C=O) groups excluding carboxylic acids is 1. The summed E-state index contributed by atoms with van der Waals surface area (Å²) in [6.45, 7) is 2.21. The van der Waals surface area contributed by atoms with Gasteiger partial charge in [0.25, 0.3) is 0 Å². The van der Waals surface area contributed by atoms with Gasteiger partial charge >= 0.3 is 6.03 Å². The molecule has 0 spiro atoms. The van der Waals surface area contributed by atoms with E-state index in [1.807, 2.05) is 23.8 Å². The molecule has 2 aromatic rings. The third-order valence-corrected chi connectivity index (χ3v) is 4.10. The summed E-state index contributed by atoms with van der Waals surface area (Å²) < 4.78 is 0. The minimum Gasteiger partial charge on any atom is -0.391 e. The lowest BCUT2D eigenvalue weighted by atomic mass is 10.2. The fraction of sp³-hybridized carbons (Fsp3) is 0.417. The van der Waals surface area contributed by atoms with Gasteiger partial charge in [0.05, 0.1) is 6.10 Å². The van der Waals surface area contributed by atoms with Crippen molar-refractivity contribution in [1.29, 1.82) is 0 Å². The smallest absolute Gasteiger partial charge is 0.321 e. The van der Waals surface area contributed by atoms with Crippen molar-refractivity contribution >= 4 is 33.8 Å². The number of aromatic nitrogens is 2. The van der Waals surface area contributed by atoms with Crippen molar-refractivity contribution in [3.05, 3.63) is 16.8 Å². The van der Waals surface area contributed by atoms with Crippen molar-refractivity contribution in [3.8, 4) is 10.6 Å². The molecule has 0 bridgehead atoms. The topological polar surface area (TPSA) is 87.1 Å². The fourth-order valence-electron chi connectivity index (χ4n) is 1.56. The SMILES string of the molecule is CCCC(O)CNC(=O)Nc1nnc(-c2ccsc2)s1. The highest BCUT2D eigenvalue weighted by Crippen LogP contribution is 2.27. The predicted molar refractivity (Wildman–Crippen MR) is 81.2 cm³/mol. The molecule has 20 heavy (non-hydrogen) atoms. The Kier molecular flexibility index (Phi) is 5.45. The van der Waals surface area contributed by atoms with Gasteiger partial charge in [-0.15, -0.1) is 10.2 Å². The highest BCUT2D eigenvalue weighted by atomic mass is 32.1. The van der Waals surface area contributed by atoms with Crippen LogP contribution in [0, 0.1) is 0 Å². The minimum atomic E-state index is -0.512. The molecule has 2 amide bonds.